The van der Waals surface area contributed by atoms with Crippen LogP contribution in [0, 0.1) is 0 Å². The summed E-state index contributed by atoms with van der Waals surface area (Å²) in [4.78, 5) is 19.7. The van der Waals surface area contributed by atoms with Crippen LogP contribution in [0.1, 0.15) is 44.9 Å². The molecule has 3 saturated heterocycles. The zero-order chi connectivity index (χ0) is 20.3. The minimum absolute atomic E-state index is 0.241. The van der Waals surface area contributed by atoms with Crippen LogP contribution in [-0.4, -0.2) is 79.8 Å². The highest BCUT2D eigenvalue weighted by molar-refractivity contribution is 5.96. The maximum absolute atomic E-state index is 12.6. The van der Waals surface area contributed by atoms with Crippen LogP contribution < -0.4 is 9.64 Å². The lowest BCUT2D eigenvalue weighted by Gasteiger charge is -2.44. The zero-order valence-corrected chi connectivity index (χ0v) is 18.0. The van der Waals surface area contributed by atoms with Gasteiger partial charge in [-0.05, 0) is 56.6 Å². The van der Waals surface area contributed by atoms with Crippen molar-refractivity contribution in [3.63, 3.8) is 0 Å². The van der Waals surface area contributed by atoms with E-state index in [0.29, 0.717) is 12.5 Å². The van der Waals surface area contributed by atoms with Gasteiger partial charge in [-0.25, -0.2) is 0 Å². The van der Waals surface area contributed by atoms with Crippen LogP contribution >= 0.6 is 0 Å². The first-order valence-electron chi connectivity index (χ1n) is 11.9. The van der Waals surface area contributed by atoms with Gasteiger partial charge in [0.15, 0.2) is 0 Å². The Kier molecular flexibility index (Phi) is 6.25. The van der Waals surface area contributed by atoms with Crippen molar-refractivity contribution in [2.24, 2.45) is 0 Å². The van der Waals surface area contributed by atoms with Gasteiger partial charge in [0.2, 0.25) is 5.91 Å². The summed E-state index contributed by atoms with van der Waals surface area (Å²) < 4.78 is 11.7. The molecule has 3 aliphatic heterocycles. The number of carbonyl (C=O) groups excluding carboxylic acids is 1. The fraction of sp³-hybridized carbons (Fsp3) is 0.708. The van der Waals surface area contributed by atoms with Gasteiger partial charge >= 0.3 is 0 Å². The predicted molar refractivity (Wildman–Crippen MR) is 117 cm³/mol. The summed E-state index contributed by atoms with van der Waals surface area (Å²) in [5, 5.41) is 0. The molecular weight excluding hydrogens is 378 g/mol. The smallest absolute Gasteiger partial charge is 0.227 e. The minimum Gasteiger partial charge on any atom is -0.490 e. The average Bonchev–Trinajstić information content (AvgIpc) is 3.12. The van der Waals surface area contributed by atoms with E-state index in [9.17, 15) is 4.79 Å². The van der Waals surface area contributed by atoms with Gasteiger partial charge in [-0.1, -0.05) is 6.42 Å². The largest absolute Gasteiger partial charge is 0.490 e. The van der Waals surface area contributed by atoms with Crippen molar-refractivity contribution in [1.29, 1.82) is 0 Å². The van der Waals surface area contributed by atoms with Crippen LogP contribution in [0.3, 0.4) is 0 Å². The highest BCUT2D eigenvalue weighted by atomic mass is 16.5. The van der Waals surface area contributed by atoms with Gasteiger partial charge in [0.1, 0.15) is 11.9 Å². The number of hydrogen-bond donors (Lipinski definition) is 0. The molecule has 1 atom stereocenters. The van der Waals surface area contributed by atoms with E-state index in [4.69, 9.17) is 9.47 Å². The van der Waals surface area contributed by atoms with Crippen LogP contribution in [0.5, 0.6) is 5.75 Å². The second-order valence-electron chi connectivity index (χ2n) is 9.32. The molecule has 1 amide bonds. The molecule has 0 radical (unpaired) electrons. The third kappa shape index (κ3) is 4.51. The maximum Gasteiger partial charge on any atom is 0.227 e. The molecule has 4 aliphatic rings. The van der Waals surface area contributed by atoms with E-state index in [2.05, 4.69) is 21.9 Å². The number of benzene rings is 1. The Labute approximate surface area is 180 Å². The molecule has 4 fully saturated rings. The van der Waals surface area contributed by atoms with Crippen LogP contribution in [0.15, 0.2) is 24.3 Å². The van der Waals surface area contributed by atoms with Crippen LogP contribution in [0.2, 0.25) is 0 Å². The highest BCUT2D eigenvalue weighted by Crippen LogP contribution is 2.33. The lowest BCUT2D eigenvalue weighted by atomic mass is 9.86. The zero-order valence-electron chi connectivity index (χ0n) is 18.0. The van der Waals surface area contributed by atoms with Crippen LogP contribution in [0.4, 0.5) is 5.69 Å². The first kappa shape index (κ1) is 20.3. The Hall–Kier alpha value is -1.63. The predicted octanol–water partition coefficient (Wildman–Crippen LogP) is 2.91. The molecule has 1 saturated carbocycles. The minimum atomic E-state index is 0.241. The third-order valence-corrected chi connectivity index (χ3v) is 7.29. The van der Waals surface area contributed by atoms with E-state index in [1.807, 2.05) is 17.0 Å². The fourth-order valence-corrected chi connectivity index (χ4v) is 5.45. The van der Waals surface area contributed by atoms with E-state index in [1.54, 1.807) is 0 Å². The molecule has 164 valence electrons. The molecule has 1 aromatic carbocycles. The van der Waals surface area contributed by atoms with Gasteiger partial charge in [0.05, 0.1) is 19.3 Å². The molecule has 1 aromatic rings. The molecular formula is C24H35N3O3. The maximum atomic E-state index is 12.6. The van der Waals surface area contributed by atoms with Crippen molar-refractivity contribution >= 4 is 11.6 Å². The Morgan fingerprint density at radius 2 is 1.70 bits per heavy atom. The van der Waals surface area contributed by atoms with Crippen molar-refractivity contribution in [3.05, 3.63) is 24.3 Å². The van der Waals surface area contributed by atoms with Gasteiger partial charge < -0.3 is 19.3 Å². The lowest BCUT2D eigenvalue weighted by molar-refractivity contribution is -0.117. The molecule has 5 rings (SSSR count). The number of hydrogen-bond acceptors (Lipinski definition) is 5. The number of likely N-dealkylation sites (tertiary alicyclic amines) is 1. The Bertz CT molecular complexity index is 707. The molecule has 0 N–H and O–H groups in total. The number of anilines is 1. The summed E-state index contributed by atoms with van der Waals surface area (Å²) in [5.74, 6) is 1.17. The number of ether oxygens (including phenoxy) is 2. The molecule has 30 heavy (non-hydrogen) atoms. The van der Waals surface area contributed by atoms with Crippen molar-refractivity contribution in [2.75, 3.05) is 50.8 Å². The van der Waals surface area contributed by atoms with Crippen molar-refractivity contribution in [1.82, 2.24) is 9.80 Å². The molecule has 0 bridgehead atoms. The number of carbonyl (C=O) groups is 1. The molecule has 0 aromatic heterocycles. The van der Waals surface area contributed by atoms with E-state index >= 15 is 0 Å². The molecule has 0 spiro atoms. The molecule has 6 nitrogen and oxygen atoms in total. The first-order chi connectivity index (χ1) is 14.8. The SMILES string of the molecule is O=C1CC[C@@H](CN2CCOCC2)N1c1ccc(O[C@H]2C[C@H](N3CCCCC3)C2)cc1. The summed E-state index contributed by atoms with van der Waals surface area (Å²) >= 11 is 0. The van der Waals surface area contributed by atoms with Crippen molar-refractivity contribution in [3.8, 4) is 5.75 Å². The van der Waals surface area contributed by atoms with Gasteiger partial charge in [-0.3, -0.25) is 9.69 Å². The van der Waals surface area contributed by atoms with E-state index < -0.39 is 0 Å². The Morgan fingerprint density at radius 3 is 2.43 bits per heavy atom. The number of amides is 1. The van der Waals surface area contributed by atoms with Crippen LogP contribution in [0.25, 0.3) is 0 Å². The molecule has 0 unspecified atom stereocenters. The quantitative estimate of drug-likeness (QED) is 0.718. The third-order valence-electron chi connectivity index (χ3n) is 7.29. The summed E-state index contributed by atoms with van der Waals surface area (Å²) in [6, 6.07) is 9.19. The van der Waals surface area contributed by atoms with Gasteiger partial charge in [-0.15, -0.1) is 0 Å². The monoisotopic (exact) mass is 413 g/mol. The number of rotatable bonds is 6. The number of nitrogens with zero attached hydrogens (tertiary/aromatic N) is 3. The van der Waals surface area contributed by atoms with Crippen LogP contribution in [-0.2, 0) is 9.53 Å². The fourth-order valence-electron chi connectivity index (χ4n) is 5.45. The van der Waals surface area contributed by atoms with Gasteiger partial charge in [0.25, 0.3) is 0 Å². The van der Waals surface area contributed by atoms with E-state index in [0.717, 1.165) is 69.6 Å². The Balaban J connectivity index is 1.15. The van der Waals surface area contributed by atoms with Crippen molar-refractivity contribution in [2.45, 2.75) is 63.1 Å². The van der Waals surface area contributed by atoms with Gasteiger partial charge in [0, 0.05) is 50.6 Å². The van der Waals surface area contributed by atoms with Gasteiger partial charge in [-0.2, -0.15) is 0 Å². The topological polar surface area (TPSA) is 45.3 Å². The second-order valence-corrected chi connectivity index (χ2v) is 9.32. The second kappa shape index (κ2) is 9.25. The van der Waals surface area contributed by atoms with E-state index in [-0.39, 0.29) is 11.9 Å². The lowest BCUT2D eigenvalue weighted by Crippen LogP contribution is -2.50. The summed E-state index contributed by atoms with van der Waals surface area (Å²) in [6.07, 6.45) is 8.31. The standard InChI is InChI=1S/C24H35N3O3/c28-24-9-6-20(18-25-12-14-29-15-13-25)27(24)19-4-7-22(8-5-19)30-23-16-21(17-23)26-10-2-1-3-11-26/h4-5,7-8,20-21,23H,1-3,6,9-18H2/t20-,21-,23-/m0/s1. The Morgan fingerprint density at radius 1 is 0.967 bits per heavy atom. The normalized spacial score (nSPS) is 31.0. The van der Waals surface area contributed by atoms with Crippen molar-refractivity contribution < 1.29 is 14.3 Å². The molecule has 6 heteroatoms. The number of morpholine rings is 1. The first-order valence-corrected chi connectivity index (χ1v) is 11.9. The summed E-state index contributed by atoms with van der Waals surface area (Å²) in [6.45, 7) is 6.99. The number of piperidine rings is 1. The summed E-state index contributed by atoms with van der Waals surface area (Å²) in [5.41, 5.74) is 1.00. The molecule has 1 aliphatic carbocycles. The summed E-state index contributed by atoms with van der Waals surface area (Å²) in [7, 11) is 0. The van der Waals surface area contributed by atoms with E-state index in [1.165, 1.54) is 32.4 Å². The highest BCUT2D eigenvalue weighted by Gasteiger charge is 2.36. The average molecular weight is 414 g/mol. The molecule has 3 heterocycles.